The summed E-state index contributed by atoms with van der Waals surface area (Å²) in [5, 5.41) is 0.622. The van der Waals surface area contributed by atoms with Crippen molar-refractivity contribution in [3.05, 3.63) is 57.5 Å². The fraction of sp³-hybridized carbons (Fsp3) is 0.0769. The molecule has 0 radical (unpaired) electrons. The van der Waals surface area contributed by atoms with Crippen LogP contribution in [0.3, 0.4) is 0 Å². The second kappa shape index (κ2) is 5.43. The van der Waals surface area contributed by atoms with Crippen LogP contribution in [0.5, 0.6) is 5.75 Å². The molecule has 88 valence electrons. The van der Waals surface area contributed by atoms with Gasteiger partial charge in [-0.1, -0.05) is 29.8 Å². The third-order valence-electron chi connectivity index (χ3n) is 2.36. The Morgan fingerprint density at radius 1 is 1.12 bits per heavy atom. The highest BCUT2D eigenvalue weighted by Crippen LogP contribution is 2.27. The van der Waals surface area contributed by atoms with Gasteiger partial charge in [-0.05, 0) is 40.2 Å². The molecule has 0 aliphatic rings. The van der Waals surface area contributed by atoms with E-state index >= 15 is 0 Å². The molecule has 0 atom stereocenters. The monoisotopic (exact) mass is 311 g/mol. The predicted octanol–water partition coefficient (Wildman–Crippen LogP) is 4.26. The minimum atomic E-state index is 0.355. The largest absolute Gasteiger partial charge is 0.488 e. The molecule has 2 nitrogen and oxygen atoms in total. The van der Waals surface area contributed by atoms with Gasteiger partial charge in [0.1, 0.15) is 12.4 Å². The molecule has 2 aromatic rings. The van der Waals surface area contributed by atoms with E-state index in [1.807, 2.05) is 36.4 Å². The van der Waals surface area contributed by atoms with Crippen LogP contribution in [0.2, 0.25) is 5.02 Å². The number of ether oxygens (including phenoxy) is 1. The van der Waals surface area contributed by atoms with Crippen LogP contribution < -0.4 is 10.5 Å². The van der Waals surface area contributed by atoms with E-state index in [2.05, 4.69) is 15.9 Å². The van der Waals surface area contributed by atoms with Gasteiger partial charge in [0.15, 0.2) is 0 Å². The van der Waals surface area contributed by atoms with E-state index in [4.69, 9.17) is 22.1 Å². The standard InChI is InChI=1S/C13H11BrClNO/c14-10-4-1-2-7-13(10)17-8-9-11(15)5-3-6-12(9)16/h1-7H,8,16H2. The number of nitrogen functional groups attached to an aromatic ring is 1. The van der Waals surface area contributed by atoms with E-state index < -0.39 is 0 Å². The minimum absolute atomic E-state index is 0.355. The van der Waals surface area contributed by atoms with Crippen LogP contribution in [-0.4, -0.2) is 0 Å². The lowest BCUT2D eigenvalue weighted by Gasteiger charge is -2.11. The summed E-state index contributed by atoms with van der Waals surface area (Å²) in [7, 11) is 0. The Hall–Kier alpha value is -1.19. The van der Waals surface area contributed by atoms with Gasteiger partial charge in [-0.15, -0.1) is 0 Å². The SMILES string of the molecule is Nc1cccc(Cl)c1COc1ccccc1Br. The van der Waals surface area contributed by atoms with E-state index in [-0.39, 0.29) is 0 Å². The Balaban J connectivity index is 2.16. The molecule has 0 saturated heterocycles. The first kappa shape index (κ1) is 12.3. The van der Waals surface area contributed by atoms with Crippen LogP contribution in [0.25, 0.3) is 0 Å². The molecule has 2 N–H and O–H groups in total. The van der Waals surface area contributed by atoms with Crippen molar-refractivity contribution < 1.29 is 4.74 Å². The van der Waals surface area contributed by atoms with Gasteiger partial charge in [0, 0.05) is 16.3 Å². The maximum absolute atomic E-state index is 6.06. The molecular formula is C13H11BrClNO. The van der Waals surface area contributed by atoms with E-state index in [1.165, 1.54) is 0 Å². The number of hydrogen-bond acceptors (Lipinski definition) is 2. The Labute approximate surface area is 113 Å². The second-order valence-corrected chi connectivity index (χ2v) is 4.79. The van der Waals surface area contributed by atoms with Crippen LogP contribution in [0, 0.1) is 0 Å². The molecule has 0 bridgehead atoms. The number of rotatable bonds is 3. The molecule has 0 fully saturated rings. The summed E-state index contributed by atoms with van der Waals surface area (Å²) in [6.45, 7) is 0.355. The van der Waals surface area contributed by atoms with Gasteiger partial charge in [0.2, 0.25) is 0 Å². The molecule has 4 heteroatoms. The minimum Gasteiger partial charge on any atom is -0.488 e. The van der Waals surface area contributed by atoms with Crippen LogP contribution in [0.15, 0.2) is 46.9 Å². The van der Waals surface area contributed by atoms with Crippen molar-refractivity contribution in [1.29, 1.82) is 0 Å². The summed E-state index contributed by atoms with van der Waals surface area (Å²) in [6.07, 6.45) is 0. The van der Waals surface area contributed by atoms with Crippen molar-refractivity contribution in [3.63, 3.8) is 0 Å². The van der Waals surface area contributed by atoms with Gasteiger partial charge in [-0.25, -0.2) is 0 Å². The summed E-state index contributed by atoms with van der Waals surface area (Å²) >= 11 is 9.48. The predicted molar refractivity (Wildman–Crippen MR) is 74.3 cm³/mol. The van der Waals surface area contributed by atoms with E-state index in [9.17, 15) is 0 Å². The topological polar surface area (TPSA) is 35.2 Å². The summed E-state index contributed by atoms with van der Waals surface area (Å²) in [4.78, 5) is 0. The quantitative estimate of drug-likeness (QED) is 0.859. The van der Waals surface area contributed by atoms with Crippen molar-refractivity contribution in [2.45, 2.75) is 6.61 Å². The lowest BCUT2D eigenvalue weighted by atomic mass is 10.2. The highest BCUT2D eigenvalue weighted by atomic mass is 79.9. The Morgan fingerprint density at radius 2 is 1.88 bits per heavy atom. The molecule has 0 heterocycles. The zero-order valence-electron chi connectivity index (χ0n) is 8.99. The highest BCUT2D eigenvalue weighted by molar-refractivity contribution is 9.10. The van der Waals surface area contributed by atoms with Crippen LogP contribution in [0.4, 0.5) is 5.69 Å². The molecule has 0 aliphatic heterocycles. The van der Waals surface area contributed by atoms with Gasteiger partial charge in [0.25, 0.3) is 0 Å². The number of halogens is 2. The van der Waals surface area contributed by atoms with Crippen molar-refractivity contribution >= 4 is 33.2 Å². The number of hydrogen-bond donors (Lipinski definition) is 1. The van der Waals surface area contributed by atoms with Gasteiger partial charge in [-0.3, -0.25) is 0 Å². The highest BCUT2D eigenvalue weighted by Gasteiger charge is 2.06. The Morgan fingerprint density at radius 3 is 2.59 bits per heavy atom. The van der Waals surface area contributed by atoms with Crippen molar-refractivity contribution in [2.75, 3.05) is 5.73 Å². The number of para-hydroxylation sites is 1. The van der Waals surface area contributed by atoms with Gasteiger partial charge < -0.3 is 10.5 Å². The van der Waals surface area contributed by atoms with E-state index in [0.717, 1.165) is 15.8 Å². The molecule has 2 rings (SSSR count). The molecule has 0 saturated carbocycles. The Bertz CT molecular complexity index is 510. The lowest BCUT2D eigenvalue weighted by Crippen LogP contribution is -2.01. The average molecular weight is 313 g/mol. The molecule has 0 aromatic heterocycles. The number of benzene rings is 2. The lowest BCUT2D eigenvalue weighted by molar-refractivity contribution is 0.305. The van der Waals surface area contributed by atoms with Crippen molar-refractivity contribution in [1.82, 2.24) is 0 Å². The zero-order chi connectivity index (χ0) is 12.3. The average Bonchev–Trinajstić information content (AvgIpc) is 2.30. The van der Waals surface area contributed by atoms with E-state index in [1.54, 1.807) is 6.07 Å². The Kier molecular flexibility index (Phi) is 3.92. The van der Waals surface area contributed by atoms with Crippen LogP contribution in [0.1, 0.15) is 5.56 Å². The summed E-state index contributed by atoms with van der Waals surface area (Å²) in [6, 6.07) is 13.1. The van der Waals surface area contributed by atoms with Crippen molar-refractivity contribution in [3.8, 4) is 5.75 Å². The third kappa shape index (κ3) is 2.93. The van der Waals surface area contributed by atoms with Gasteiger partial charge >= 0.3 is 0 Å². The fourth-order valence-electron chi connectivity index (χ4n) is 1.44. The maximum atomic E-state index is 6.06. The molecular weight excluding hydrogens is 302 g/mol. The van der Waals surface area contributed by atoms with Gasteiger partial charge in [-0.2, -0.15) is 0 Å². The fourth-order valence-corrected chi connectivity index (χ4v) is 2.07. The number of anilines is 1. The molecule has 0 unspecified atom stereocenters. The normalized spacial score (nSPS) is 10.2. The molecule has 17 heavy (non-hydrogen) atoms. The first-order chi connectivity index (χ1) is 8.18. The summed E-state index contributed by atoms with van der Waals surface area (Å²) < 4.78 is 6.58. The van der Waals surface area contributed by atoms with E-state index in [0.29, 0.717) is 17.3 Å². The molecule has 0 amide bonds. The third-order valence-corrected chi connectivity index (χ3v) is 3.37. The smallest absolute Gasteiger partial charge is 0.133 e. The van der Waals surface area contributed by atoms with Crippen molar-refractivity contribution in [2.24, 2.45) is 0 Å². The second-order valence-electron chi connectivity index (χ2n) is 3.53. The van der Waals surface area contributed by atoms with Crippen LogP contribution in [-0.2, 0) is 6.61 Å². The zero-order valence-corrected chi connectivity index (χ0v) is 11.3. The summed E-state index contributed by atoms with van der Waals surface area (Å²) in [5.74, 6) is 0.770. The molecule has 0 spiro atoms. The van der Waals surface area contributed by atoms with Gasteiger partial charge in [0.05, 0.1) is 4.47 Å². The number of nitrogens with two attached hydrogens (primary N) is 1. The molecule has 0 aliphatic carbocycles. The molecule has 2 aromatic carbocycles. The summed E-state index contributed by atoms with van der Waals surface area (Å²) in [5.41, 5.74) is 7.30. The first-order valence-corrected chi connectivity index (χ1v) is 6.26. The van der Waals surface area contributed by atoms with Crippen LogP contribution >= 0.6 is 27.5 Å². The maximum Gasteiger partial charge on any atom is 0.133 e. The first-order valence-electron chi connectivity index (χ1n) is 5.08.